The van der Waals surface area contributed by atoms with Crippen molar-refractivity contribution in [2.24, 2.45) is 0 Å². The average Bonchev–Trinajstić information content (AvgIpc) is 3.02. The maximum atomic E-state index is 12.2. The number of amides is 1. The van der Waals surface area contributed by atoms with E-state index in [4.69, 9.17) is 11.6 Å². The highest BCUT2D eigenvalue weighted by Gasteiger charge is 2.12. The number of halogens is 2. The van der Waals surface area contributed by atoms with Crippen LogP contribution in [0.1, 0.15) is 28.9 Å². The minimum absolute atomic E-state index is 0.0310. The fourth-order valence-corrected chi connectivity index (χ4v) is 3.44. The van der Waals surface area contributed by atoms with Crippen LogP contribution >= 0.6 is 27.5 Å². The maximum absolute atomic E-state index is 12.2. The molecule has 1 aromatic carbocycles. The van der Waals surface area contributed by atoms with Gasteiger partial charge in [0.05, 0.1) is 0 Å². The fraction of sp³-hybridized carbons (Fsp3) is 0.294. The summed E-state index contributed by atoms with van der Waals surface area (Å²) in [4.78, 5) is 20.7. The van der Waals surface area contributed by atoms with Gasteiger partial charge in [0, 0.05) is 33.8 Å². The third-order valence-electron chi connectivity index (χ3n) is 4.08. The quantitative estimate of drug-likeness (QED) is 0.684. The van der Waals surface area contributed by atoms with Gasteiger partial charge in [-0.05, 0) is 43.5 Å². The van der Waals surface area contributed by atoms with Crippen LogP contribution < -0.4 is 5.32 Å². The van der Waals surface area contributed by atoms with Crippen LogP contribution in [0.25, 0.3) is 5.78 Å². The van der Waals surface area contributed by atoms with Crippen molar-refractivity contribution in [3.8, 4) is 0 Å². The fourth-order valence-electron chi connectivity index (χ4n) is 2.70. The molecule has 0 saturated carbocycles. The molecule has 130 valence electrons. The molecule has 0 fully saturated rings. The number of aryl methyl sites for hydroxylation is 2. The summed E-state index contributed by atoms with van der Waals surface area (Å²) in [5.41, 5.74) is 3.75. The van der Waals surface area contributed by atoms with Crippen molar-refractivity contribution in [2.75, 3.05) is 0 Å². The highest BCUT2D eigenvalue weighted by molar-refractivity contribution is 9.10. The molecule has 0 aliphatic rings. The van der Waals surface area contributed by atoms with Crippen molar-refractivity contribution in [1.29, 1.82) is 0 Å². The SMILES string of the molecule is Cc1nc2ncnn2c(C)c1CCC(=O)NCc1ccc(Br)cc1Cl. The topological polar surface area (TPSA) is 72.2 Å². The molecule has 2 aromatic heterocycles. The lowest BCUT2D eigenvalue weighted by Crippen LogP contribution is -2.23. The van der Waals surface area contributed by atoms with Gasteiger partial charge in [0.2, 0.25) is 5.91 Å². The predicted molar refractivity (Wildman–Crippen MR) is 99.6 cm³/mol. The van der Waals surface area contributed by atoms with Crippen LogP contribution in [-0.4, -0.2) is 25.5 Å². The maximum Gasteiger partial charge on any atom is 0.252 e. The molecule has 2 heterocycles. The van der Waals surface area contributed by atoms with Gasteiger partial charge < -0.3 is 5.32 Å². The summed E-state index contributed by atoms with van der Waals surface area (Å²) >= 11 is 9.53. The van der Waals surface area contributed by atoms with Crippen LogP contribution in [-0.2, 0) is 17.8 Å². The monoisotopic (exact) mass is 421 g/mol. The third-order valence-corrected chi connectivity index (χ3v) is 4.93. The van der Waals surface area contributed by atoms with Crippen molar-refractivity contribution < 1.29 is 4.79 Å². The van der Waals surface area contributed by atoms with Crippen molar-refractivity contribution >= 4 is 39.2 Å². The minimum Gasteiger partial charge on any atom is -0.352 e. The molecule has 1 N–H and O–H groups in total. The molecule has 6 nitrogen and oxygen atoms in total. The molecule has 8 heteroatoms. The largest absolute Gasteiger partial charge is 0.352 e. The summed E-state index contributed by atoms with van der Waals surface area (Å²) in [6, 6.07) is 5.61. The zero-order valence-electron chi connectivity index (χ0n) is 13.9. The van der Waals surface area contributed by atoms with E-state index in [1.807, 2.05) is 32.0 Å². The minimum atomic E-state index is -0.0310. The molecule has 0 spiro atoms. The van der Waals surface area contributed by atoms with E-state index in [2.05, 4.69) is 36.3 Å². The molecule has 0 unspecified atom stereocenters. The second-order valence-corrected chi connectivity index (χ2v) is 7.07. The molecular weight excluding hydrogens is 406 g/mol. The number of aromatic nitrogens is 4. The van der Waals surface area contributed by atoms with Crippen LogP contribution in [0.3, 0.4) is 0 Å². The first-order valence-electron chi connectivity index (χ1n) is 7.82. The van der Waals surface area contributed by atoms with Crippen molar-refractivity contribution in [3.05, 3.63) is 56.5 Å². The summed E-state index contributed by atoms with van der Waals surface area (Å²) < 4.78 is 2.61. The molecule has 0 aliphatic heterocycles. The van der Waals surface area contributed by atoms with Crippen LogP contribution in [0.5, 0.6) is 0 Å². The van der Waals surface area contributed by atoms with Gasteiger partial charge in [-0.15, -0.1) is 0 Å². The lowest BCUT2D eigenvalue weighted by atomic mass is 10.1. The van der Waals surface area contributed by atoms with Crippen molar-refractivity contribution in [2.45, 2.75) is 33.2 Å². The molecule has 0 aliphatic carbocycles. The van der Waals surface area contributed by atoms with E-state index in [1.54, 1.807) is 4.52 Å². The second-order valence-electron chi connectivity index (χ2n) is 5.75. The third kappa shape index (κ3) is 3.99. The van der Waals surface area contributed by atoms with E-state index in [-0.39, 0.29) is 5.91 Å². The Morgan fingerprint density at radius 3 is 2.92 bits per heavy atom. The van der Waals surface area contributed by atoms with E-state index in [9.17, 15) is 4.79 Å². The molecular formula is C17H17BrClN5O. The number of carbonyl (C=O) groups is 1. The molecule has 0 saturated heterocycles. The van der Waals surface area contributed by atoms with Gasteiger partial charge in [0.1, 0.15) is 6.33 Å². The van der Waals surface area contributed by atoms with E-state index in [1.165, 1.54) is 6.33 Å². The second kappa shape index (κ2) is 7.49. The van der Waals surface area contributed by atoms with Crippen molar-refractivity contribution in [3.63, 3.8) is 0 Å². The highest BCUT2D eigenvalue weighted by atomic mass is 79.9. The van der Waals surface area contributed by atoms with Gasteiger partial charge >= 0.3 is 0 Å². The van der Waals surface area contributed by atoms with Gasteiger partial charge in [0.15, 0.2) is 0 Å². The Labute approximate surface area is 158 Å². The Hall–Kier alpha value is -1.99. The molecule has 0 atom stereocenters. The van der Waals surface area contributed by atoms with E-state index in [0.717, 1.165) is 27.0 Å². The van der Waals surface area contributed by atoms with Gasteiger partial charge in [-0.2, -0.15) is 10.1 Å². The van der Waals surface area contributed by atoms with E-state index in [0.29, 0.717) is 30.2 Å². The van der Waals surface area contributed by atoms with Gasteiger partial charge in [0.25, 0.3) is 5.78 Å². The van der Waals surface area contributed by atoms with Gasteiger partial charge in [-0.1, -0.05) is 33.6 Å². The van der Waals surface area contributed by atoms with Crippen LogP contribution in [0, 0.1) is 13.8 Å². The van der Waals surface area contributed by atoms with Crippen LogP contribution in [0.4, 0.5) is 0 Å². The smallest absolute Gasteiger partial charge is 0.252 e. The Bertz CT molecular complexity index is 940. The summed E-state index contributed by atoms with van der Waals surface area (Å²) in [6.45, 7) is 4.30. The molecule has 3 aromatic rings. The molecule has 1 amide bonds. The Balaban J connectivity index is 1.62. The molecule has 3 rings (SSSR count). The zero-order chi connectivity index (χ0) is 18.0. The first-order chi connectivity index (χ1) is 12.0. The predicted octanol–water partition coefficient (Wildman–Crippen LogP) is 3.41. The summed E-state index contributed by atoms with van der Waals surface area (Å²) in [5, 5.41) is 7.70. The van der Waals surface area contributed by atoms with E-state index < -0.39 is 0 Å². The Kier molecular flexibility index (Phi) is 5.34. The standard InChI is InChI=1S/C17H17BrClN5O/c1-10-14(11(2)24-17(23-10)21-9-22-24)5-6-16(25)20-8-12-3-4-13(18)7-15(12)19/h3-4,7,9H,5-6,8H2,1-2H3,(H,20,25). The van der Waals surface area contributed by atoms with Crippen LogP contribution in [0.15, 0.2) is 29.0 Å². The van der Waals surface area contributed by atoms with Crippen molar-refractivity contribution in [1.82, 2.24) is 24.9 Å². The number of nitrogens with one attached hydrogen (secondary N) is 1. The molecule has 0 bridgehead atoms. The summed E-state index contributed by atoms with van der Waals surface area (Å²) in [7, 11) is 0. The number of rotatable bonds is 5. The average molecular weight is 423 g/mol. The first kappa shape index (κ1) is 17.8. The Morgan fingerprint density at radius 2 is 2.16 bits per heavy atom. The lowest BCUT2D eigenvalue weighted by Gasteiger charge is -2.11. The first-order valence-corrected chi connectivity index (χ1v) is 8.99. The highest BCUT2D eigenvalue weighted by Crippen LogP contribution is 2.21. The number of hydrogen-bond acceptors (Lipinski definition) is 4. The summed E-state index contributed by atoms with van der Waals surface area (Å²) in [6.07, 6.45) is 2.45. The van der Waals surface area contributed by atoms with Gasteiger partial charge in [-0.25, -0.2) is 9.50 Å². The van der Waals surface area contributed by atoms with Gasteiger partial charge in [-0.3, -0.25) is 4.79 Å². The van der Waals surface area contributed by atoms with Crippen LogP contribution in [0.2, 0.25) is 5.02 Å². The van der Waals surface area contributed by atoms with E-state index >= 15 is 0 Å². The zero-order valence-corrected chi connectivity index (χ0v) is 16.2. The number of fused-ring (bicyclic) bond motifs is 1. The summed E-state index contributed by atoms with van der Waals surface area (Å²) in [5.74, 6) is 0.546. The number of benzene rings is 1. The Morgan fingerprint density at radius 1 is 1.36 bits per heavy atom. The molecule has 0 radical (unpaired) electrons. The lowest BCUT2D eigenvalue weighted by molar-refractivity contribution is -0.121. The number of nitrogens with zero attached hydrogens (tertiary/aromatic N) is 4. The molecule has 25 heavy (non-hydrogen) atoms. The normalized spacial score (nSPS) is 11.0. The number of carbonyl (C=O) groups excluding carboxylic acids is 1. The number of hydrogen-bond donors (Lipinski definition) is 1.